The number of ketones is 1. The van der Waals surface area contributed by atoms with Crippen LogP contribution >= 0.6 is 23.2 Å². The second-order valence-electron chi connectivity index (χ2n) is 5.09. The normalized spacial score (nSPS) is 11.1. The second kappa shape index (κ2) is 5.78. The maximum atomic E-state index is 12.8. The van der Waals surface area contributed by atoms with Crippen LogP contribution in [0.3, 0.4) is 0 Å². The zero-order chi connectivity index (χ0) is 16.7. The van der Waals surface area contributed by atoms with Gasteiger partial charge in [0.05, 0.1) is 21.1 Å². The highest BCUT2D eigenvalue weighted by Gasteiger charge is 2.15. The van der Waals surface area contributed by atoms with Crippen molar-refractivity contribution in [1.29, 1.82) is 0 Å². The van der Waals surface area contributed by atoms with Gasteiger partial charge in [-0.25, -0.2) is 0 Å². The summed E-state index contributed by atoms with van der Waals surface area (Å²) < 4.78 is 0. The van der Waals surface area contributed by atoms with Gasteiger partial charge in [0, 0.05) is 35.9 Å². The zero-order valence-electron chi connectivity index (χ0n) is 12.1. The monoisotopic (exact) mass is 354 g/mol. The Morgan fingerprint density at radius 3 is 1.54 bits per heavy atom. The van der Waals surface area contributed by atoms with Crippen LogP contribution in [0.4, 0.5) is 0 Å². The molecule has 0 saturated heterocycles. The highest BCUT2D eigenvalue weighted by Crippen LogP contribution is 2.26. The molecule has 0 aliphatic heterocycles. The van der Waals surface area contributed by atoms with Crippen molar-refractivity contribution in [3.8, 4) is 0 Å². The van der Waals surface area contributed by atoms with Crippen LogP contribution < -0.4 is 0 Å². The fourth-order valence-electron chi connectivity index (χ4n) is 2.49. The molecule has 116 valence electrons. The molecule has 0 fully saturated rings. The van der Waals surface area contributed by atoms with Gasteiger partial charge in [-0.3, -0.25) is 24.7 Å². The predicted molar refractivity (Wildman–Crippen MR) is 92.5 cm³/mol. The number of hydrogen-bond acceptors (Lipinski definition) is 5. The van der Waals surface area contributed by atoms with Crippen molar-refractivity contribution < 1.29 is 4.79 Å². The first kappa shape index (κ1) is 14.9. The number of nitrogens with zero attached hydrogens (tertiary/aromatic N) is 4. The Morgan fingerprint density at radius 2 is 1.08 bits per heavy atom. The van der Waals surface area contributed by atoms with Crippen LogP contribution in [-0.2, 0) is 0 Å². The molecule has 0 unspecified atom stereocenters. The minimum Gasteiger partial charge on any atom is -0.289 e. The molecule has 5 nitrogen and oxygen atoms in total. The minimum atomic E-state index is -0.223. The van der Waals surface area contributed by atoms with Crippen molar-refractivity contribution in [3.05, 3.63) is 70.2 Å². The summed E-state index contributed by atoms with van der Waals surface area (Å²) in [7, 11) is 0. The van der Waals surface area contributed by atoms with E-state index in [0.29, 0.717) is 43.2 Å². The molecular formula is C17H8Cl2N4O. The Labute approximate surface area is 146 Å². The van der Waals surface area contributed by atoms with Crippen molar-refractivity contribution in [2.75, 3.05) is 0 Å². The van der Waals surface area contributed by atoms with Crippen LogP contribution in [0, 0.1) is 0 Å². The number of benzene rings is 2. The summed E-state index contributed by atoms with van der Waals surface area (Å²) >= 11 is 12.4. The molecule has 0 N–H and O–H groups in total. The molecule has 0 aliphatic rings. The lowest BCUT2D eigenvalue weighted by atomic mass is 10.0. The van der Waals surface area contributed by atoms with Crippen LogP contribution in [-0.4, -0.2) is 25.7 Å². The molecule has 2 aromatic heterocycles. The van der Waals surface area contributed by atoms with Gasteiger partial charge in [-0.15, -0.1) is 0 Å². The number of carbonyl (C=O) groups is 1. The van der Waals surface area contributed by atoms with E-state index >= 15 is 0 Å². The van der Waals surface area contributed by atoms with E-state index in [1.807, 2.05) is 0 Å². The molecule has 4 rings (SSSR count). The third-order valence-corrected chi connectivity index (χ3v) is 4.16. The summed E-state index contributed by atoms with van der Waals surface area (Å²) in [6.07, 6.45) is 6.21. The Hall–Kier alpha value is -2.63. The summed E-state index contributed by atoms with van der Waals surface area (Å²) in [6.45, 7) is 0. The van der Waals surface area contributed by atoms with E-state index in [-0.39, 0.29) is 5.78 Å². The molecular weight excluding hydrogens is 347 g/mol. The van der Waals surface area contributed by atoms with Gasteiger partial charge in [-0.2, -0.15) is 0 Å². The van der Waals surface area contributed by atoms with E-state index in [1.165, 1.54) is 0 Å². The molecule has 0 amide bonds. The Bertz CT molecular complexity index is 1030. The highest BCUT2D eigenvalue weighted by atomic mass is 35.5. The number of aromatic nitrogens is 4. The summed E-state index contributed by atoms with van der Waals surface area (Å²) in [6, 6.07) is 6.47. The summed E-state index contributed by atoms with van der Waals surface area (Å²) in [5.74, 6) is -0.223. The van der Waals surface area contributed by atoms with Gasteiger partial charge < -0.3 is 0 Å². The van der Waals surface area contributed by atoms with E-state index in [1.54, 1.807) is 49.1 Å². The minimum absolute atomic E-state index is 0.223. The van der Waals surface area contributed by atoms with Crippen molar-refractivity contribution >= 4 is 51.1 Å². The summed E-state index contributed by atoms with van der Waals surface area (Å²) in [5.41, 5.74) is 3.04. The van der Waals surface area contributed by atoms with Crippen LogP contribution in [0.15, 0.2) is 49.1 Å². The lowest BCUT2D eigenvalue weighted by Crippen LogP contribution is -2.03. The molecule has 0 spiro atoms. The van der Waals surface area contributed by atoms with Crippen LogP contribution in [0.5, 0.6) is 0 Å². The largest absolute Gasteiger partial charge is 0.289 e. The molecule has 7 heteroatoms. The number of rotatable bonds is 2. The fraction of sp³-hybridized carbons (Fsp3) is 0. The quantitative estimate of drug-likeness (QED) is 0.506. The first-order chi connectivity index (χ1) is 11.6. The number of carbonyl (C=O) groups excluding carboxylic acids is 1. The topological polar surface area (TPSA) is 68.6 Å². The first-order valence-electron chi connectivity index (χ1n) is 6.99. The molecule has 2 heterocycles. The van der Waals surface area contributed by atoms with E-state index in [2.05, 4.69) is 19.9 Å². The molecule has 0 bridgehead atoms. The highest BCUT2D eigenvalue weighted by molar-refractivity contribution is 6.36. The van der Waals surface area contributed by atoms with Gasteiger partial charge in [0.15, 0.2) is 5.78 Å². The van der Waals surface area contributed by atoms with Gasteiger partial charge in [-0.1, -0.05) is 23.2 Å². The maximum absolute atomic E-state index is 12.8. The zero-order valence-corrected chi connectivity index (χ0v) is 13.6. The Kier molecular flexibility index (Phi) is 3.59. The summed E-state index contributed by atoms with van der Waals surface area (Å²) in [4.78, 5) is 29.5. The van der Waals surface area contributed by atoms with E-state index in [9.17, 15) is 4.79 Å². The first-order valence-corrected chi connectivity index (χ1v) is 7.74. The smallest absolute Gasteiger partial charge is 0.193 e. The average molecular weight is 355 g/mol. The molecule has 0 saturated carbocycles. The van der Waals surface area contributed by atoms with Crippen molar-refractivity contribution in [3.63, 3.8) is 0 Å². The third kappa shape index (κ3) is 2.48. The second-order valence-corrected chi connectivity index (χ2v) is 5.91. The van der Waals surface area contributed by atoms with Gasteiger partial charge in [0.2, 0.25) is 0 Å². The predicted octanol–water partition coefficient (Wildman–Crippen LogP) is 4.11. The lowest BCUT2D eigenvalue weighted by molar-refractivity contribution is 0.103. The molecule has 24 heavy (non-hydrogen) atoms. The van der Waals surface area contributed by atoms with E-state index < -0.39 is 0 Å². The van der Waals surface area contributed by atoms with Crippen LogP contribution in [0.25, 0.3) is 22.1 Å². The van der Waals surface area contributed by atoms with Crippen molar-refractivity contribution in [2.24, 2.45) is 0 Å². The fourth-order valence-corrected chi connectivity index (χ4v) is 3.02. The van der Waals surface area contributed by atoms with Crippen molar-refractivity contribution in [1.82, 2.24) is 19.9 Å². The van der Waals surface area contributed by atoms with Gasteiger partial charge in [0.25, 0.3) is 0 Å². The van der Waals surface area contributed by atoms with Gasteiger partial charge >= 0.3 is 0 Å². The molecule has 4 aromatic rings. The number of halogens is 2. The third-order valence-electron chi connectivity index (χ3n) is 3.58. The lowest BCUT2D eigenvalue weighted by Gasteiger charge is -2.06. The van der Waals surface area contributed by atoms with Crippen LogP contribution in [0.2, 0.25) is 10.0 Å². The maximum Gasteiger partial charge on any atom is 0.193 e. The van der Waals surface area contributed by atoms with Gasteiger partial charge in [-0.05, 0) is 24.3 Å². The van der Waals surface area contributed by atoms with E-state index in [0.717, 1.165) is 0 Å². The molecule has 0 aliphatic carbocycles. The number of hydrogen-bond donors (Lipinski definition) is 0. The SMILES string of the molecule is O=C(c1cc(Cl)c2nccnc2c1)c1cc(Cl)c2nccnc2c1. The summed E-state index contributed by atoms with van der Waals surface area (Å²) in [5, 5.41) is 0.742. The average Bonchev–Trinajstić information content (AvgIpc) is 2.61. The number of fused-ring (bicyclic) bond motifs is 2. The standard InChI is InChI=1S/C17H8Cl2N4O/c18-11-5-9(7-13-15(11)22-3-1-20-13)17(24)10-6-12(19)16-14(8-10)21-2-4-23-16/h1-8H. The van der Waals surface area contributed by atoms with Gasteiger partial charge in [0.1, 0.15) is 11.0 Å². The van der Waals surface area contributed by atoms with Crippen LogP contribution in [0.1, 0.15) is 15.9 Å². The molecule has 0 atom stereocenters. The Balaban J connectivity index is 1.87. The Morgan fingerprint density at radius 1 is 0.667 bits per heavy atom. The van der Waals surface area contributed by atoms with E-state index in [4.69, 9.17) is 23.2 Å². The molecule has 2 aromatic carbocycles. The van der Waals surface area contributed by atoms with Crippen molar-refractivity contribution in [2.45, 2.75) is 0 Å². The molecule has 0 radical (unpaired) electrons.